The largest absolute Gasteiger partial charge is 0.390 e. The Morgan fingerprint density at radius 3 is 2.58 bits per heavy atom. The molecule has 2 aliphatic rings. The first-order chi connectivity index (χ1) is 12.4. The van der Waals surface area contributed by atoms with Gasteiger partial charge in [0.05, 0.1) is 22.9 Å². The highest BCUT2D eigenvalue weighted by Crippen LogP contribution is 2.52. The molecule has 2 aromatic rings. The van der Waals surface area contributed by atoms with Crippen LogP contribution in [0.2, 0.25) is 5.02 Å². The number of benzene rings is 1. The van der Waals surface area contributed by atoms with Crippen molar-refractivity contribution in [2.24, 2.45) is 7.05 Å². The summed E-state index contributed by atoms with van der Waals surface area (Å²) < 4.78 is 1.77. The minimum absolute atomic E-state index is 0.0722. The van der Waals surface area contributed by atoms with Gasteiger partial charge in [0.15, 0.2) is 0 Å². The first-order valence-corrected chi connectivity index (χ1v) is 9.64. The number of likely N-dealkylation sites (N-methyl/N-ethyl adjacent to an activating group) is 1. The van der Waals surface area contributed by atoms with Crippen molar-refractivity contribution in [3.63, 3.8) is 0 Å². The Morgan fingerprint density at radius 1 is 1.27 bits per heavy atom. The second-order valence-corrected chi connectivity index (χ2v) is 8.38. The summed E-state index contributed by atoms with van der Waals surface area (Å²) in [6.07, 6.45) is 3.40. The molecule has 1 aliphatic carbocycles. The first-order valence-electron chi connectivity index (χ1n) is 9.26. The van der Waals surface area contributed by atoms with Gasteiger partial charge in [-0.3, -0.25) is 9.58 Å². The van der Waals surface area contributed by atoms with Gasteiger partial charge in [-0.05, 0) is 51.2 Å². The molecule has 1 fully saturated rings. The van der Waals surface area contributed by atoms with Crippen LogP contribution in [0.4, 0.5) is 0 Å². The second-order valence-electron chi connectivity index (χ2n) is 7.97. The molecule has 140 valence electrons. The average molecular weight is 375 g/mol. The number of fused-ring (bicyclic) bond motifs is 2. The zero-order chi connectivity index (χ0) is 18.5. The number of aliphatic hydroxyl groups is 1. The van der Waals surface area contributed by atoms with E-state index in [9.17, 15) is 5.11 Å². The lowest BCUT2D eigenvalue weighted by Gasteiger charge is -2.43. The molecule has 2 atom stereocenters. The van der Waals surface area contributed by atoms with Gasteiger partial charge < -0.3 is 10.0 Å². The minimum Gasteiger partial charge on any atom is -0.390 e. The molecule has 0 unspecified atom stereocenters. The highest BCUT2D eigenvalue weighted by molar-refractivity contribution is 6.31. The molecule has 0 radical (unpaired) electrons. The Bertz CT molecular complexity index is 795. The molecule has 1 aliphatic heterocycles. The van der Waals surface area contributed by atoms with Crippen molar-refractivity contribution in [1.82, 2.24) is 19.6 Å². The van der Waals surface area contributed by atoms with Crippen molar-refractivity contribution in [2.45, 2.75) is 36.9 Å². The van der Waals surface area contributed by atoms with Gasteiger partial charge in [-0.2, -0.15) is 5.10 Å². The minimum atomic E-state index is -0.365. The summed E-state index contributed by atoms with van der Waals surface area (Å²) in [4.78, 5) is 4.55. The number of aliphatic hydroxyl groups excluding tert-OH is 1. The summed E-state index contributed by atoms with van der Waals surface area (Å²) in [7, 11) is 6.01. The Hall–Kier alpha value is -1.40. The molecule has 1 N–H and O–H groups in total. The van der Waals surface area contributed by atoms with E-state index < -0.39 is 0 Å². The molecule has 1 aromatic carbocycles. The lowest BCUT2D eigenvalue weighted by atomic mass is 9.72. The zero-order valence-corrected chi connectivity index (χ0v) is 16.4. The van der Waals surface area contributed by atoms with Crippen molar-refractivity contribution < 1.29 is 5.11 Å². The molecular weight excluding hydrogens is 348 g/mol. The van der Waals surface area contributed by atoms with Crippen molar-refractivity contribution in [1.29, 1.82) is 0 Å². The molecule has 1 saturated heterocycles. The molecule has 0 saturated carbocycles. The fourth-order valence-corrected chi connectivity index (χ4v) is 5.14. The van der Waals surface area contributed by atoms with E-state index in [-0.39, 0.29) is 17.6 Å². The fourth-order valence-electron chi connectivity index (χ4n) is 4.90. The van der Waals surface area contributed by atoms with Crippen LogP contribution < -0.4 is 0 Å². The summed E-state index contributed by atoms with van der Waals surface area (Å²) in [6.45, 7) is 2.65. The third kappa shape index (κ3) is 2.78. The molecule has 1 spiro atoms. The van der Waals surface area contributed by atoms with Crippen LogP contribution in [0.15, 0.2) is 30.5 Å². The van der Waals surface area contributed by atoms with Crippen LogP contribution in [-0.4, -0.2) is 58.0 Å². The highest BCUT2D eigenvalue weighted by atomic mass is 35.5. The van der Waals surface area contributed by atoms with Gasteiger partial charge >= 0.3 is 0 Å². The van der Waals surface area contributed by atoms with E-state index >= 15 is 0 Å². The number of nitrogens with zero attached hydrogens (tertiary/aromatic N) is 4. The van der Waals surface area contributed by atoms with Gasteiger partial charge in [-0.25, -0.2) is 0 Å². The van der Waals surface area contributed by atoms with Gasteiger partial charge in [-0.15, -0.1) is 0 Å². The van der Waals surface area contributed by atoms with E-state index in [4.69, 9.17) is 11.6 Å². The number of halogens is 1. The molecule has 5 nitrogen and oxygen atoms in total. The lowest BCUT2D eigenvalue weighted by Crippen LogP contribution is -2.49. The Labute approximate surface area is 160 Å². The quantitative estimate of drug-likeness (QED) is 0.896. The number of rotatable bonds is 3. The van der Waals surface area contributed by atoms with Crippen molar-refractivity contribution in [3.05, 3.63) is 52.3 Å². The molecule has 2 heterocycles. The van der Waals surface area contributed by atoms with Gasteiger partial charge in [0.25, 0.3) is 0 Å². The van der Waals surface area contributed by atoms with Crippen LogP contribution in [0, 0.1) is 0 Å². The number of hydrogen-bond acceptors (Lipinski definition) is 4. The standard InChI is InChI=1S/C20H27ClN4O/c1-23(2)18-14-6-4-5-7-15(14)20(19(18)26)8-10-25(11-9-20)13-17-16(21)12-24(3)22-17/h4-7,12,18-19,26H,8-11,13H2,1-3H3/t18-,19+/m1/s1. The van der Waals surface area contributed by atoms with E-state index in [1.165, 1.54) is 11.1 Å². The van der Waals surface area contributed by atoms with Crippen LogP contribution >= 0.6 is 11.6 Å². The predicted octanol–water partition coefficient (Wildman–Crippen LogP) is 2.58. The zero-order valence-electron chi connectivity index (χ0n) is 15.7. The normalized spacial score (nSPS) is 25.2. The molecule has 26 heavy (non-hydrogen) atoms. The summed E-state index contributed by atoms with van der Waals surface area (Å²) in [5.74, 6) is 0. The predicted molar refractivity (Wildman–Crippen MR) is 103 cm³/mol. The van der Waals surface area contributed by atoms with Crippen molar-refractivity contribution >= 4 is 11.6 Å². The fraction of sp³-hybridized carbons (Fsp3) is 0.550. The van der Waals surface area contributed by atoms with E-state index in [0.29, 0.717) is 0 Å². The number of likely N-dealkylation sites (tertiary alicyclic amines) is 1. The van der Waals surface area contributed by atoms with Crippen LogP contribution in [-0.2, 0) is 19.0 Å². The molecule has 0 amide bonds. The van der Waals surface area contributed by atoms with Crippen LogP contribution in [0.25, 0.3) is 0 Å². The smallest absolute Gasteiger partial charge is 0.0950 e. The van der Waals surface area contributed by atoms with Crippen LogP contribution in [0.1, 0.15) is 35.7 Å². The molecule has 4 rings (SSSR count). The maximum absolute atomic E-state index is 11.3. The first kappa shape index (κ1) is 18.0. The summed E-state index contributed by atoms with van der Waals surface area (Å²) in [5, 5.41) is 16.5. The van der Waals surface area contributed by atoms with Gasteiger partial charge in [-0.1, -0.05) is 35.9 Å². The van der Waals surface area contributed by atoms with Crippen LogP contribution in [0.5, 0.6) is 0 Å². The maximum Gasteiger partial charge on any atom is 0.0950 e. The van der Waals surface area contributed by atoms with Gasteiger partial charge in [0, 0.05) is 25.2 Å². The number of aromatic nitrogens is 2. The third-order valence-corrected chi connectivity index (χ3v) is 6.53. The van der Waals surface area contributed by atoms with E-state index in [0.717, 1.165) is 43.2 Å². The summed E-state index contributed by atoms with van der Waals surface area (Å²) in [6, 6.07) is 8.65. The summed E-state index contributed by atoms with van der Waals surface area (Å²) in [5.41, 5.74) is 3.41. The van der Waals surface area contributed by atoms with Gasteiger partial charge in [0.2, 0.25) is 0 Å². The molecule has 1 aromatic heterocycles. The molecular formula is C20H27ClN4O. The second kappa shape index (κ2) is 6.64. The monoisotopic (exact) mass is 374 g/mol. The Balaban J connectivity index is 1.55. The van der Waals surface area contributed by atoms with Crippen LogP contribution in [0.3, 0.4) is 0 Å². The van der Waals surface area contributed by atoms with E-state index in [2.05, 4.69) is 53.3 Å². The topological polar surface area (TPSA) is 44.5 Å². The maximum atomic E-state index is 11.3. The SMILES string of the molecule is CN(C)[C@@H]1c2ccccc2C2(CCN(Cc3nn(C)cc3Cl)CC2)[C@H]1O. The Morgan fingerprint density at radius 2 is 1.96 bits per heavy atom. The van der Waals surface area contributed by atoms with E-state index in [1.54, 1.807) is 4.68 Å². The third-order valence-electron chi connectivity index (χ3n) is 6.21. The van der Waals surface area contributed by atoms with E-state index in [1.807, 2.05) is 13.2 Å². The molecule has 6 heteroatoms. The highest BCUT2D eigenvalue weighted by Gasteiger charge is 2.53. The summed E-state index contributed by atoms with van der Waals surface area (Å²) >= 11 is 6.27. The number of hydrogen-bond donors (Lipinski definition) is 1. The van der Waals surface area contributed by atoms with Crippen molar-refractivity contribution in [3.8, 4) is 0 Å². The number of piperidine rings is 1. The Kier molecular flexibility index (Phi) is 4.59. The average Bonchev–Trinajstić information content (AvgIpc) is 3.05. The number of aryl methyl sites for hydroxylation is 1. The van der Waals surface area contributed by atoms with Gasteiger partial charge in [0.1, 0.15) is 0 Å². The van der Waals surface area contributed by atoms with Crippen molar-refractivity contribution in [2.75, 3.05) is 27.2 Å². The lowest BCUT2D eigenvalue weighted by molar-refractivity contribution is -0.00409. The molecule has 0 bridgehead atoms.